The predicted octanol–water partition coefficient (Wildman–Crippen LogP) is 2.54. The van der Waals surface area contributed by atoms with Crippen molar-refractivity contribution >= 4 is 10.9 Å². The van der Waals surface area contributed by atoms with Crippen LogP contribution >= 0.6 is 0 Å². The minimum Gasteiger partial charge on any atom is -0.267 e. The van der Waals surface area contributed by atoms with Gasteiger partial charge in [0.05, 0.1) is 16.8 Å². The summed E-state index contributed by atoms with van der Waals surface area (Å²) in [5.74, 6) is 0. The molecule has 0 bridgehead atoms. The van der Waals surface area contributed by atoms with Crippen LogP contribution in [0.4, 0.5) is 0 Å². The molecule has 4 aromatic rings. The molecule has 0 saturated carbocycles. The van der Waals surface area contributed by atoms with Crippen LogP contribution in [0.5, 0.6) is 0 Å². The predicted molar refractivity (Wildman–Crippen MR) is 92.9 cm³/mol. The van der Waals surface area contributed by atoms with Crippen molar-refractivity contribution in [2.45, 2.75) is 0 Å². The lowest BCUT2D eigenvalue weighted by atomic mass is 10.2. The number of para-hydroxylation sites is 2. The van der Waals surface area contributed by atoms with Gasteiger partial charge in [0.15, 0.2) is 0 Å². The van der Waals surface area contributed by atoms with E-state index in [0.29, 0.717) is 16.8 Å². The van der Waals surface area contributed by atoms with E-state index in [1.54, 1.807) is 36.4 Å². The van der Waals surface area contributed by atoms with Crippen LogP contribution in [0.3, 0.4) is 0 Å². The van der Waals surface area contributed by atoms with Gasteiger partial charge >= 0.3 is 0 Å². The molecule has 0 atom stereocenters. The van der Waals surface area contributed by atoms with E-state index in [1.165, 1.54) is 15.6 Å². The van der Waals surface area contributed by atoms with Crippen LogP contribution in [-0.2, 0) is 0 Å². The maximum absolute atomic E-state index is 13.0. The van der Waals surface area contributed by atoms with E-state index in [-0.39, 0.29) is 16.6 Å². The molecule has 0 aliphatic rings. The first kappa shape index (κ1) is 14.1. The number of aromatic nitrogens is 3. The second-order valence-corrected chi connectivity index (χ2v) is 5.30. The molecule has 2 aromatic carbocycles. The first-order chi connectivity index (χ1) is 11.8. The lowest BCUT2D eigenvalue weighted by Gasteiger charge is -2.16. The molecule has 0 unspecified atom stereocenters. The Balaban J connectivity index is 2.23. The van der Waals surface area contributed by atoms with Gasteiger partial charge in [0.2, 0.25) is 0 Å². The van der Waals surface area contributed by atoms with Gasteiger partial charge in [-0.15, -0.1) is 0 Å². The normalized spacial score (nSPS) is 10.8. The van der Waals surface area contributed by atoms with Gasteiger partial charge < -0.3 is 0 Å². The maximum Gasteiger partial charge on any atom is 0.296 e. The highest BCUT2D eigenvalue weighted by Crippen LogP contribution is 2.11. The van der Waals surface area contributed by atoms with Crippen LogP contribution in [0.25, 0.3) is 22.3 Å². The van der Waals surface area contributed by atoms with Crippen LogP contribution in [-0.4, -0.2) is 14.3 Å². The zero-order valence-electron chi connectivity index (χ0n) is 12.7. The van der Waals surface area contributed by atoms with Crippen molar-refractivity contribution in [2.24, 2.45) is 0 Å². The lowest BCUT2D eigenvalue weighted by molar-refractivity contribution is 0.676. The zero-order chi connectivity index (χ0) is 16.5. The van der Waals surface area contributed by atoms with Gasteiger partial charge in [0.25, 0.3) is 11.1 Å². The number of benzene rings is 2. The van der Waals surface area contributed by atoms with Crippen LogP contribution in [0.2, 0.25) is 0 Å². The van der Waals surface area contributed by atoms with E-state index >= 15 is 0 Å². The van der Waals surface area contributed by atoms with Crippen LogP contribution in [0, 0.1) is 0 Å². The van der Waals surface area contributed by atoms with Crippen LogP contribution in [0.15, 0.2) is 88.6 Å². The number of fused-ring (bicyclic) bond motifs is 1. The van der Waals surface area contributed by atoms with Gasteiger partial charge in [0.1, 0.15) is 5.52 Å². The summed E-state index contributed by atoms with van der Waals surface area (Å²) >= 11 is 0. The molecule has 2 aromatic heterocycles. The maximum atomic E-state index is 13.0. The molecule has 0 fully saturated rings. The average Bonchev–Trinajstić information content (AvgIpc) is 2.66. The Bertz CT molecular complexity index is 1040. The highest BCUT2D eigenvalue weighted by atomic mass is 16.2. The number of rotatable bonds is 2. The summed E-state index contributed by atoms with van der Waals surface area (Å²) in [6.07, 6.45) is 1.52. The molecule has 24 heavy (non-hydrogen) atoms. The zero-order valence-corrected chi connectivity index (χ0v) is 12.7. The highest BCUT2D eigenvalue weighted by Gasteiger charge is 2.16. The number of pyridine rings is 1. The van der Waals surface area contributed by atoms with E-state index in [2.05, 4.69) is 4.98 Å². The van der Waals surface area contributed by atoms with E-state index < -0.39 is 0 Å². The van der Waals surface area contributed by atoms with Gasteiger partial charge in [0, 0.05) is 6.20 Å². The highest BCUT2D eigenvalue weighted by molar-refractivity contribution is 5.76. The number of hydrogen-bond acceptors (Lipinski definition) is 3. The van der Waals surface area contributed by atoms with Crippen LogP contribution < -0.4 is 11.1 Å². The van der Waals surface area contributed by atoms with Crippen molar-refractivity contribution in [3.8, 4) is 11.4 Å². The van der Waals surface area contributed by atoms with Crippen molar-refractivity contribution < 1.29 is 0 Å². The second-order valence-electron chi connectivity index (χ2n) is 5.30. The van der Waals surface area contributed by atoms with E-state index in [1.807, 2.05) is 36.4 Å². The van der Waals surface area contributed by atoms with Gasteiger partial charge in [-0.1, -0.05) is 36.4 Å². The molecule has 0 spiro atoms. The molecule has 116 valence electrons. The fraction of sp³-hybridized carbons (Fsp3) is 0. The molecule has 0 N–H and O–H groups in total. The second kappa shape index (κ2) is 5.62. The Morgan fingerprint density at radius 2 is 1.17 bits per heavy atom. The summed E-state index contributed by atoms with van der Waals surface area (Å²) < 4.78 is 2.76. The first-order valence-electron chi connectivity index (χ1n) is 7.51. The minimum atomic E-state index is -0.333. The molecular weight excluding hydrogens is 302 g/mol. The SMILES string of the molecule is O=c1c2cccnc2c(=O)n(-c2ccccc2)n1-c1ccccc1. The van der Waals surface area contributed by atoms with E-state index in [9.17, 15) is 9.59 Å². The Labute approximate surface area is 137 Å². The lowest BCUT2D eigenvalue weighted by Crippen LogP contribution is -2.37. The van der Waals surface area contributed by atoms with Gasteiger partial charge in [-0.05, 0) is 36.4 Å². The summed E-state index contributed by atoms with van der Waals surface area (Å²) in [6, 6.07) is 21.5. The third-order valence-corrected chi connectivity index (χ3v) is 3.83. The van der Waals surface area contributed by atoms with E-state index in [0.717, 1.165) is 0 Å². The molecule has 0 aliphatic heterocycles. The quantitative estimate of drug-likeness (QED) is 0.571. The fourth-order valence-corrected chi connectivity index (χ4v) is 2.75. The summed E-state index contributed by atoms with van der Waals surface area (Å²) in [5, 5.41) is 0.304. The molecule has 4 rings (SSSR count). The van der Waals surface area contributed by atoms with Crippen molar-refractivity contribution in [3.63, 3.8) is 0 Å². The van der Waals surface area contributed by atoms with Gasteiger partial charge in [-0.3, -0.25) is 14.6 Å². The molecular formula is C19H13N3O2. The molecule has 0 saturated heterocycles. The smallest absolute Gasteiger partial charge is 0.267 e. The summed E-state index contributed by atoms with van der Waals surface area (Å²) in [7, 11) is 0. The van der Waals surface area contributed by atoms with Gasteiger partial charge in [-0.2, -0.15) is 0 Å². The summed E-state index contributed by atoms with van der Waals surface area (Å²) in [5.41, 5.74) is 0.775. The Morgan fingerprint density at radius 3 is 1.75 bits per heavy atom. The van der Waals surface area contributed by atoms with Gasteiger partial charge in [-0.25, -0.2) is 9.36 Å². The summed E-state index contributed by atoms with van der Waals surface area (Å²) in [4.78, 5) is 30.2. The molecule has 0 radical (unpaired) electrons. The Hall–Kier alpha value is -3.47. The molecule has 2 heterocycles. The number of nitrogens with zero attached hydrogens (tertiary/aromatic N) is 3. The Morgan fingerprint density at radius 1 is 0.625 bits per heavy atom. The average molecular weight is 315 g/mol. The topological polar surface area (TPSA) is 56.9 Å². The molecule has 0 aliphatic carbocycles. The largest absolute Gasteiger partial charge is 0.296 e. The monoisotopic (exact) mass is 315 g/mol. The fourth-order valence-electron chi connectivity index (χ4n) is 2.75. The third-order valence-electron chi connectivity index (χ3n) is 3.83. The van der Waals surface area contributed by atoms with E-state index in [4.69, 9.17) is 0 Å². The minimum absolute atomic E-state index is 0.165. The Kier molecular flexibility index (Phi) is 3.31. The van der Waals surface area contributed by atoms with Crippen molar-refractivity contribution in [2.75, 3.05) is 0 Å². The third kappa shape index (κ3) is 2.14. The molecule has 5 heteroatoms. The standard InChI is InChI=1S/C19H13N3O2/c23-18-16-12-7-13-20-17(16)19(24)22(15-10-5-2-6-11-15)21(18)14-8-3-1-4-9-14/h1-13H. The van der Waals surface area contributed by atoms with Crippen molar-refractivity contribution in [1.82, 2.24) is 14.3 Å². The number of hydrogen-bond donors (Lipinski definition) is 0. The van der Waals surface area contributed by atoms with Crippen molar-refractivity contribution in [1.29, 1.82) is 0 Å². The summed E-state index contributed by atoms with van der Waals surface area (Å²) in [6.45, 7) is 0. The van der Waals surface area contributed by atoms with Crippen molar-refractivity contribution in [3.05, 3.63) is 99.7 Å². The molecule has 5 nitrogen and oxygen atoms in total. The first-order valence-corrected chi connectivity index (χ1v) is 7.51. The van der Waals surface area contributed by atoms with Crippen LogP contribution in [0.1, 0.15) is 0 Å². The molecule has 0 amide bonds.